The number of carbonyl (C=O) groups is 1. The van der Waals surface area contributed by atoms with Gasteiger partial charge in [0.05, 0.1) is 7.11 Å². The number of hydrogen-bond acceptors (Lipinski definition) is 4. The highest BCUT2D eigenvalue weighted by Crippen LogP contribution is 2.20. The van der Waals surface area contributed by atoms with Crippen molar-refractivity contribution < 1.29 is 9.53 Å². The lowest BCUT2D eigenvalue weighted by Crippen LogP contribution is -2.37. The summed E-state index contributed by atoms with van der Waals surface area (Å²) in [4.78, 5) is 11.9. The van der Waals surface area contributed by atoms with Gasteiger partial charge in [0.15, 0.2) is 0 Å². The molecule has 0 heterocycles. The van der Waals surface area contributed by atoms with E-state index in [1.54, 1.807) is 11.8 Å². The molecule has 0 spiro atoms. The first-order valence-corrected chi connectivity index (χ1v) is 9.54. The van der Waals surface area contributed by atoms with Crippen molar-refractivity contribution in [1.29, 1.82) is 0 Å². The average Bonchev–Trinajstić information content (AvgIpc) is 2.68. The van der Waals surface area contributed by atoms with Crippen molar-refractivity contribution in [3.63, 3.8) is 0 Å². The minimum atomic E-state index is -0.281. The second-order valence-corrected chi connectivity index (χ2v) is 6.72. The van der Waals surface area contributed by atoms with Crippen molar-refractivity contribution in [2.45, 2.75) is 18.9 Å². The number of methoxy groups -OCH3 is 1. The number of esters is 1. The number of aryl methyl sites for hydroxylation is 1. The first kappa shape index (κ1) is 19.3. The van der Waals surface area contributed by atoms with E-state index in [-0.39, 0.29) is 12.0 Å². The molecule has 0 fully saturated rings. The molecule has 0 aliphatic rings. The van der Waals surface area contributed by atoms with Crippen molar-refractivity contribution >= 4 is 17.7 Å². The van der Waals surface area contributed by atoms with Gasteiger partial charge in [-0.25, -0.2) is 0 Å². The van der Waals surface area contributed by atoms with Gasteiger partial charge in [-0.15, -0.1) is 18.3 Å². The highest BCUT2D eigenvalue weighted by atomic mass is 32.2. The molecule has 0 bridgehead atoms. The quantitative estimate of drug-likeness (QED) is 0.299. The second-order valence-electron chi connectivity index (χ2n) is 5.69. The van der Waals surface area contributed by atoms with Gasteiger partial charge in [-0.1, -0.05) is 60.7 Å². The molecule has 0 saturated carbocycles. The van der Waals surface area contributed by atoms with Crippen molar-refractivity contribution in [1.82, 2.24) is 5.32 Å². The summed E-state index contributed by atoms with van der Waals surface area (Å²) in [6.45, 7) is 3.69. The van der Waals surface area contributed by atoms with Crippen molar-refractivity contribution in [3.8, 4) is 11.1 Å². The minimum Gasteiger partial charge on any atom is -0.468 e. The van der Waals surface area contributed by atoms with Crippen LogP contribution in [0.4, 0.5) is 0 Å². The molecule has 0 saturated heterocycles. The predicted molar refractivity (Wildman–Crippen MR) is 107 cm³/mol. The SMILES string of the molecule is C=CCSCN[C@@H](CCc1ccc(-c2ccccc2)cc1)C(=O)OC. The smallest absolute Gasteiger partial charge is 0.322 e. The number of thioether (sulfide) groups is 1. The summed E-state index contributed by atoms with van der Waals surface area (Å²) in [6.07, 6.45) is 3.40. The maximum Gasteiger partial charge on any atom is 0.322 e. The van der Waals surface area contributed by atoms with Gasteiger partial charge >= 0.3 is 5.97 Å². The molecule has 132 valence electrons. The molecule has 0 unspecified atom stereocenters. The number of nitrogens with one attached hydrogen (secondary N) is 1. The standard InChI is InChI=1S/C21H25NO2S/c1-3-15-25-16-22-20(21(23)24-2)14-11-17-9-12-19(13-10-17)18-7-5-4-6-8-18/h3-10,12-13,20,22H,1,11,14-16H2,2H3/t20-/m0/s1. The Bertz CT molecular complexity index is 655. The lowest BCUT2D eigenvalue weighted by molar-refractivity contribution is -0.143. The normalized spacial score (nSPS) is 11.7. The molecule has 0 amide bonds. The van der Waals surface area contributed by atoms with Crippen LogP contribution >= 0.6 is 11.8 Å². The van der Waals surface area contributed by atoms with Gasteiger partial charge < -0.3 is 4.74 Å². The van der Waals surface area contributed by atoms with Gasteiger partial charge in [0.25, 0.3) is 0 Å². The summed E-state index contributed by atoms with van der Waals surface area (Å²) in [7, 11) is 1.43. The van der Waals surface area contributed by atoms with Gasteiger partial charge in [-0.2, -0.15) is 0 Å². The van der Waals surface area contributed by atoms with E-state index >= 15 is 0 Å². The molecule has 25 heavy (non-hydrogen) atoms. The van der Waals surface area contributed by atoms with Crippen LogP contribution in [0.1, 0.15) is 12.0 Å². The molecule has 0 aromatic heterocycles. The third kappa shape index (κ3) is 6.40. The first-order chi connectivity index (χ1) is 12.2. The number of rotatable bonds is 10. The third-order valence-electron chi connectivity index (χ3n) is 3.94. The van der Waals surface area contributed by atoms with Crippen LogP contribution in [0.3, 0.4) is 0 Å². The molecule has 0 aliphatic carbocycles. The van der Waals surface area contributed by atoms with Gasteiger partial charge in [-0.05, 0) is 29.5 Å². The average molecular weight is 356 g/mol. The highest BCUT2D eigenvalue weighted by Gasteiger charge is 2.18. The van der Waals surface area contributed by atoms with Crippen LogP contribution in [-0.2, 0) is 16.0 Å². The maximum atomic E-state index is 11.9. The summed E-state index contributed by atoms with van der Waals surface area (Å²) in [5.41, 5.74) is 3.63. The van der Waals surface area contributed by atoms with Crippen LogP contribution in [0.25, 0.3) is 11.1 Å². The molecular formula is C21H25NO2S. The third-order valence-corrected chi connectivity index (χ3v) is 4.78. The molecule has 0 radical (unpaired) electrons. The first-order valence-electron chi connectivity index (χ1n) is 8.39. The minimum absolute atomic E-state index is 0.208. The molecule has 4 heteroatoms. The highest BCUT2D eigenvalue weighted by molar-refractivity contribution is 7.99. The number of ether oxygens (including phenoxy) is 1. The van der Waals surface area contributed by atoms with E-state index in [9.17, 15) is 4.79 Å². The Labute approximate surface area is 154 Å². The van der Waals surface area contributed by atoms with E-state index in [0.717, 1.165) is 12.2 Å². The fraction of sp³-hybridized carbons (Fsp3) is 0.286. The molecule has 2 rings (SSSR count). The van der Waals surface area contributed by atoms with Crippen LogP contribution in [0.5, 0.6) is 0 Å². The monoisotopic (exact) mass is 355 g/mol. The molecule has 2 aromatic carbocycles. The van der Waals surface area contributed by atoms with Crippen LogP contribution < -0.4 is 5.32 Å². The second kappa shape index (κ2) is 10.7. The Morgan fingerprint density at radius 2 is 1.84 bits per heavy atom. The zero-order chi connectivity index (χ0) is 17.9. The van der Waals surface area contributed by atoms with Gasteiger partial charge in [0, 0.05) is 11.6 Å². The fourth-order valence-corrected chi connectivity index (χ4v) is 3.16. The van der Waals surface area contributed by atoms with Crippen LogP contribution in [0, 0.1) is 0 Å². The fourth-order valence-electron chi connectivity index (χ4n) is 2.55. The van der Waals surface area contributed by atoms with Crippen molar-refractivity contribution in [2.24, 2.45) is 0 Å². The van der Waals surface area contributed by atoms with Gasteiger partial charge in [0.1, 0.15) is 6.04 Å². The summed E-state index contributed by atoms with van der Waals surface area (Å²) < 4.78 is 4.90. The largest absolute Gasteiger partial charge is 0.468 e. The molecular weight excluding hydrogens is 330 g/mol. The van der Waals surface area contributed by atoms with E-state index < -0.39 is 0 Å². The van der Waals surface area contributed by atoms with Gasteiger partial charge in [0.2, 0.25) is 0 Å². The zero-order valence-electron chi connectivity index (χ0n) is 14.6. The summed E-state index contributed by atoms with van der Waals surface area (Å²) in [5, 5.41) is 3.25. The topological polar surface area (TPSA) is 38.3 Å². The van der Waals surface area contributed by atoms with Crippen LogP contribution in [0.15, 0.2) is 67.3 Å². The van der Waals surface area contributed by atoms with Crippen molar-refractivity contribution in [2.75, 3.05) is 18.7 Å². The summed E-state index contributed by atoms with van der Waals surface area (Å²) in [6, 6.07) is 18.5. The lowest BCUT2D eigenvalue weighted by atomic mass is 10.0. The molecule has 1 N–H and O–H groups in total. The van der Waals surface area contributed by atoms with E-state index in [0.29, 0.717) is 12.3 Å². The summed E-state index contributed by atoms with van der Waals surface area (Å²) >= 11 is 1.69. The Morgan fingerprint density at radius 3 is 2.48 bits per heavy atom. The predicted octanol–water partition coefficient (Wildman–Crippen LogP) is 4.29. The van der Waals surface area contributed by atoms with E-state index in [1.807, 2.05) is 24.3 Å². The Morgan fingerprint density at radius 1 is 1.16 bits per heavy atom. The molecule has 1 atom stereocenters. The van der Waals surface area contributed by atoms with E-state index in [4.69, 9.17) is 4.74 Å². The Kier molecular flexibility index (Phi) is 8.29. The van der Waals surface area contributed by atoms with Gasteiger partial charge in [-0.3, -0.25) is 10.1 Å². The molecule has 2 aromatic rings. The lowest BCUT2D eigenvalue weighted by Gasteiger charge is -2.16. The van der Waals surface area contributed by atoms with Crippen LogP contribution in [0.2, 0.25) is 0 Å². The Hall–Kier alpha value is -2.04. The summed E-state index contributed by atoms with van der Waals surface area (Å²) in [5.74, 6) is 1.36. The maximum absolute atomic E-state index is 11.9. The number of benzene rings is 2. The van der Waals surface area contributed by atoms with E-state index in [2.05, 4.69) is 48.3 Å². The van der Waals surface area contributed by atoms with Crippen LogP contribution in [-0.4, -0.2) is 30.8 Å². The van der Waals surface area contributed by atoms with Crippen molar-refractivity contribution in [3.05, 3.63) is 72.8 Å². The van der Waals surface area contributed by atoms with E-state index in [1.165, 1.54) is 23.8 Å². The number of hydrogen-bond donors (Lipinski definition) is 1. The molecule has 3 nitrogen and oxygen atoms in total. The Balaban J connectivity index is 1.90. The number of carbonyl (C=O) groups excluding carboxylic acids is 1. The molecule has 0 aliphatic heterocycles. The zero-order valence-corrected chi connectivity index (χ0v) is 15.4.